The summed E-state index contributed by atoms with van der Waals surface area (Å²) in [7, 11) is 0. The predicted octanol–water partition coefficient (Wildman–Crippen LogP) is 3.10. The van der Waals surface area contributed by atoms with Crippen LogP contribution in [0.1, 0.15) is 18.9 Å². The van der Waals surface area contributed by atoms with Gasteiger partial charge in [-0.2, -0.15) is 0 Å². The standard InChI is InChI=1S/C14H13ClN4O/c1-9(20-12-4-2-3-10(15)7-12)14-18-17-13-6-5-11(16)8-19(13)14/h2-9H,16H2,1H3. The van der Waals surface area contributed by atoms with Crippen LogP contribution in [0.4, 0.5) is 5.69 Å². The van der Waals surface area contributed by atoms with E-state index >= 15 is 0 Å². The van der Waals surface area contributed by atoms with Gasteiger partial charge in [0, 0.05) is 16.9 Å². The number of nitrogens with zero attached hydrogens (tertiary/aromatic N) is 3. The third kappa shape index (κ3) is 2.40. The molecular weight excluding hydrogens is 276 g/mol. The van der Waals surface area contributed by atoms with Crippen molar-refractivity contribution in [3.63, 3.8) is 0 Å². The molecule has 0 saturated heterocycles. The summed E-state index contributed by atoms with van der Waals surface area (Å²) >= 11 is 5.94. The Morgan fingerprint density at radius 1 is 1.25 bits per heavy atom. The van der Waals surface area contributed by atoms with Crippen LogP contribution in [0.25, 0.3) is 5.65 Å². The van der Waals surface area contributed by atoms with Crippen molar-refractivity contribution in [1.82, 2.24) is 14.6 Å². The molecule has 3 rings (SSSR count). The van der Waals surface area contributed by atoms with Gasteiger partial charge >= 0.3 is 0 Å². The molecule has 0 spiro atoms. The van der Waals surface area contributed by atoms with E-state index in [1.807, 2.05) is 29.5 Å². The first kappa shape index (κ1) is 12.7. The van der Waals surface area contributed by atoms with E-state index in [0.717, 1.165) is 5.65 Å². The second-order valence-electron chi connectivity index (χ2n) is 4.47. The maximum atomic E-state index is 5.94. The van der Waals surface area contributed by atoms with Crippen LogP contribution in [-0.2, 0) is 0 Å². The molecule has 2 heterocycles. The number of nitrogens with two attached hydrogens (primary N) is 1. The molecule has 102 valence electrons. The van der Waals surface area contributed by atoms with Crippen LogP contribution in [0.15, 0.2) is 42.6 Å². The van der Waals surface area contributed by atoms with Crippen LogP contribution >= 0.6 is 11.6 Å². The fourth-order valence-corrected chi connectivity index (χ4v) is 2.18. The SMILES string of the molecule is CC(Oc1cccc(Cl)c1)c1nnc2ccc(N)cn12. The Kier molecular flexibility index (Phi) is 3.20. The lowest BCUT2D eigenvalue weighted by molar-refractivity contribution is 0.215. The van der Waals surface area contributed by atoms with Gasteiger partial charge < -0.3 is 10.5 Å². The van der Waals surface area contributed by atoms with Crippen molar-refractivity contribution >= 4 is 22.9 Å². The van der Waals surface area contributed by atoms with E-state index in [1.165, 1.54) is 0 Å². The lowest BCUT2D eigenvalue weighted by atomic mass is 10.3. The Labute approximate surface area is 121 Å². The van der Waals surface area contributed by atoms with Gasteiger partial charge in [-0.3, -0.25) is 4.40 Å². The Hall–Kier alpha value is -2.27. The summed E-state index contributed by atoms with van der Waals surface area (Å²) in [6.45, 7) is 1.90. The molecule has 0 fully saturated rings. The largest absolute Gasteiger partial charge is 0.483 e. The van der Waals surface area contributed by atoms with Crippen molar-refractivity contribution in [2.45, 2.75) is 13.0 Å². The number of nitrogen functional groups attached to an aromatic ring is 1. The van der Waals surface area contributed by atoms with Crippen LogP contribution in [-0.4, -0.2) is 14.6 Å². The van der Waals surface area contributed by atoms with Crippen molar-refractivity contribution < 1.29 is 4.74 Å². The van der Waals surface area contributed by atoms with Crippen LogP contribution < -0.4 is 10.5 Å². The average Bonchev–Trinajstić information content (AvgIpc) is 2.81. The molecule has 0 aliphatic carbocycles. The van der Waals surface area contributed by atoms with E-state index in [2.05, 4.69) is 10.2 Å². The van der Waals surface area contributed by atoms with Gasteiger partial charge in [-0.25, -0.2) is 0 Å². The van der Waals surface area contributed by atoms with Gasteiger partial charge in [-0.15, -0.1) is 10.2 Å². The molecule has 5 nitrogen and oxygen atoms in total. The van der Waals surface area contributed by atoms with Crippen LogP contribution in [0.2, 0.25) is 5.02 Å². The number of hydrogen-bond donors (Lipinski definition) is 1. The van der Waals surface area contributed by atoms with Gasteiger partial charge in [-0.05, 0) is 37.3 Å². The molecule has 0 saturated carbocycles. The summed E-state index contributed by atoms with van der Waals surface area (Å²) in [6.07, 6.45) is 1.51. The van der Waals surface area contributed by atoms with Crippen LogP contribution in [0.3, 0.4) is 0 Å². The Balaban J connectivity index is 1.92. The summed E-state index contributed by atoms with van der Waals surface area (Å²) in [5, 5.41) is 8.88. The molecule has 0 aliphatic heterocycles. The smallest absolute Gasteiger partial charge is 0.178 e. The molecule has 2 N–H and O–H groups in total. The Morgan fingerprint density at radius 3 is 2.90 bits per heavy atom. The summed E-state index contributed by atoms with van der Waals surface area (Å²) in [6, 6.07) is 10.8. The van der Waals surface area contributed by atoms with Gasteiger partial charge in [0.15, 0.2) is 17.6 Å². The zero-order valence-corrected chi connectivity index (χ0v) is 11.6. The van der Waals surface area contributed by atoms with Gasteiger partial charge in [0.05, 0.1) is 0 Å². The molecule has 0 radical (unpaired) electrons. The lowest BCUT2D eigenvalue weighted by Gasteiger charge is -2.13. The van der Waals surface area contributed by atoms with E-state index in [0.29, 0.717) is 22.3 Å². The first-order valence-electron chi connectivity index (χ1n) is 6.16. The zero-order valence-electron chi connectivity index (χ0n) is 10.8. The highest BCUT2D eigenvalue weighted by molar-refractivity contribution is 6.30. The highest BCUT2D eigenvalue weighted by Crippen LogP contribution is 2.24. The fraction of sp³-hybridized carbons (Fsp3) is 0.143. The molecule has 0 aliphatic rings. The number of benzene rings is 1. The van der Waals surface area contributed by atoms with Gasteiger partial charge in [0.1, 0.15) is 5.75 Å². The van der Waals surface area contributed by atoms with Crippen molar-refractivity contribution in [1.29, 1.82) is 0 Å². The average molecular weight is 289 g/mol. The second kappa shape index (κ2) is 5.02. The zero-order chi connectivity index (χ0) is 14.1. The maximum Gasteiger partial charge on any atom is 0.178 e. The van der Waals surface area contributed by atoms with Crippen molar-refractivity contribution in [2.24, 2.45) is 0 Å². The number of pyridine rings is 1. The van der Waals surface area contributed by atoms with E-state index < -0.39 is 0 Å². The monoisotopic (exact) mass is 288 g/mol. The van der Waals surface area contributed by atoms with E-state index in [-0.39, 0.29) is 6.10 Å². The molecular formula is C14H13ClN4O. The normalized spacial score (nSPS) is 12.5. The lowest BCUT2D eigenvalue weighted by Crippen LogP contribution is -2.08. The quantitative estimate of drug-likeness (QED) is 0.804. The Bertz CT molecular complexity index is 756. The molecule has 0 bridgehead atoms. The summed E-state index contributed by atoms with van der Waals surface area (Å²) in [4.78, 5) is 0. The first-order chi connectivity index (χ1) is 9.63. The topological polar surface area (TPSA) is 65.4 Å². The van der Waals surface area contributed by atoms with E-state index in [9.17, 15) is 0 Å². The second-order valence-corrected chi connectivity index (χ2v) is 4.90. The van der Waals surface area contributed by atoms with Crippen molar-refractivity contribution in [3.05, 3.63) is 53.4 Å². The summed E-state index contributed by atoms with van der Waals surface area (Å²) < 4.78 is 7.66. The molecule has 1 atom stereocenters. The van der Waals surface area contributed by atoms with Gasteiger partial charge in [0.2, 0.25) is 0 Å². The van der Waals surface area contributed by atoms with Crippen LogP contribution in [0, 0.1) is 0 Å². The number of fused-ring (bicyclic) bond motifs is 1. The fourth-order valence-electron chi connectivity index (χ4n) is 2.00. The number of hydrogen-bond acceptors (Lipinski definition) is 4. The first-order valence-corrected chi connectivity index (χ1v) is 6.53. The molecule has 6 heteroatoms. The molecule has 0 amide bonds. The minimum absolute atomic E-state index is 0.273. The molecule has 20 heavy (non-hydrogen) atoms. The molecule has 1 aromatic carbocycles. The number of ether oxygens (including phenoxy) is 1. The number of rotatable bonds is 3. The van der Waals surface area contributed by atoms with Crippen LogP contribution in [0.5, 0.6) is 5.75 Å². The van der Waals surface area contributed by atoms with E-state index in [4.69, 9.17) is 22.1 Å². The van der Waals surface area contributed by atoms with E-state index in [1.54, 1.807) is 24.4 Å². The van der Waals surface area contributed by atoms with Gasteiger partial charge in [-0.1, -0.05) is 17.7 Å². The highest BCUT2D eigenvalue weighted by Gasteiger charge is 2.15. The Morgan fingerprint density at radius 2 is 2.10 bits per heavy atom. The van der Waals surface area contributed by atoms with Crippen molar-refractivity contribution in [2.75, 3.05) is 5.73 Å². The number of aromatic nitrogens is 3. The number of anilines is 1. The third-order valence-corrected chi connectivity index (χ3v) is 3.16. The molecule has 1 unspecified atom stereocenters. The minimum Gasteiger partial charge on any atom is -0.483 e. The molecule has 3 aromatic rings. The predicted molar refractivity (Wildman–Crippen MR) is 77.9 cm³/mol. The minimum atomic E-state index is -0.273. The summed E-state index contributed by atoms with van der Waals surface area (Å²) in [5.41, 5.74) is 7.17. The molecule has 2 aromatic heterocycles. The summed E-state index contributed by atoms with van der Waals surface area (Å²) in [5.74, 6) is 1.37. The third-order valence-electron chi connectivity index (χ3n) is 2.92. The highest BCUT2D eigenvalue weighted by atomic mass is 35.5. The van der Waals surface area contributed by atoms with Crippen molar-refractivity contribution in [3.8, 4) is 5.75 Å². The van der Waals surface area contributed by atoms with Gasteiger partial charge in [0.25, 0.3) is 0 Å². The number of halogens is 1. The maximum absolute atomic E-state index is 5.94.